The van der Waals surface area contributed by atoms with Gasteiger partial charge in [0.1, 0.15) is 0 Å². The van der Waals surface area contributed by atoms with Crippen LogP contribution in [0.3, 0.4) is 0 Å². The number of amides is 1. The maximum absolute atomic E-state index is 12.2. The predicted molar refractivity (Wildman–Crippen MR) is 77.9 cm³/mol. The van der Waals surface area contributed by atoms with Gasteiger partial charge in [-0.25, -0.2) is 12.7 Å². The average molecular weight is 316 g/mol. The number of carbonyl (C=O) groups is 1. The van der Waals surface area contributed by atoms with Gasteiger partial charge >= 0.3 is 0 Å². The molecule has 0 spiro atoms. The number of carbonyl (C=O) groups excluding carboxylic acids is 1. The fourth-order valence-corrected chi connectivity index (χ4v) is 4.71. The molecule has 8 heteroatoms. The first-order valence-corrected chi connectivity index (χ1v) is 8.90. The molecule has 1 heterocycles. The zero-order valence-electron chi connectivity index (χ0n) is 11.0. The molecule has 1 aromatic carbocycles. The number of nitrogens with zero attached hydrogens (tertiary/aromatic N) is 1. The standard InChI is InChI=1S/C12H16N2O4S2/c1-10(15)13-11-2-4-12(5-3-11)20(16,17)19-14-6-8-18-9-7-14/h2-5H,6-9H2,1H3,(H,13,15). The van der Waals surface area contributed by atoms with Crippen LogP contribution in [-0.4, -0.2) is 44.9 Å². The molecule has 0 saturated carbocycles. The Morgan fingerprint density at radius 1 is 1.25 bits per heavy atom. The van der Waals surface area contributed by atoms with Crippen LogP contribution in [0, 0.1) is 0 Å². The van der Waals surface area contributed by atoms with Crippen molar-refractivity contribution in [2.24, 2.45) is 0 Å². The van der Waals surface area contributed by atoms with E-state index in [9.17, 15) is 13.2 Å². The van der Waals surface area contributed by atoms with Gasteiger partial charge in [-0.2, -0.15) is 0 Å². The van der Waals surface area contributed by atoms with E-state index in [0.29, 0.717) is 32.0 Å². The van der Waals surface area contributed by atoms with Crippen molar-refractivity contribution in [1.29, 1.82) is 0 Å². The highest BCUT2D eigenvalue weighted by Crippen LogP contribution is 2.28. The monoisotopic (exact) mass is 316 g/mol. The van der Waals surface area contributed by atoms with Gasteiger partial charge in [-0.1, -0.05) is 0 Å². The first-order valence-electron chi connectivity index (χ1n) is 6.12. The Morgan fingerprint density at radius 2 is 1.85 bits per heavy atom. The van der Waals surface area contributed by atoms with E-state index >= 15 is 0 Å². The number of anilines is 1. The molecule has 0 atom stereocenters. The number of morpholine rings is 1. The van der Waals surface area contributed by atoms with Crippen LogP contribution in [0.25, 0.3) is 0 Å². The Labute approximate surface area is 121 Å². The molecule has 0 aromatic heterocycles. The zero-order valence-corrected chi connectivity index (χ0v) is 12.7. The van der Waals surface area contributed by atoms with Gasteiger partial charge in [-0.3, -0.25) is 4.79 Å². The number of benzene rings is 1. The van der Waals surface area contributed by atoms with Crippen LogP contribution in [-0.2, 0) is 18.4 Å². The first kappa shape index (κ1) is 15.3. The van der Waals surface area contributed by atoms with E-state index < -0.39 is 8.87 Å². The summed E-state index contributed by atoms with van der Waals surface area (Å²) in [5, 5.41) is 2.60. The molecule has 20 heavy (non-hydrogen) atoms. The number of rotatable bonds is 4. The maximum Gasteiger partial charge on any atom is 0.244 e. The highest BCUT2D eigenvalue weighted by Gasteiger charge is 2.22. The van der Waals surface area contributed by atoms with E-state index in [1.54, 1.807) is 16.4 Å². The molecule has 6 nitrogen and oxygen atoms in total. The summed E-state index contributed by atoms with van der Waals surface area (Å²) in [6.07, 6.45) is 0. The smallest absolute Gasteiger partial charge is 0.244 e. The molecule has 2 rings (SSSR count). The van der Waals surface area contributed by atoms with Crippen LogP contribution >= 0.6 is 11.0 Å². The molecule has 1 saturated heterocycles. The number of nitrogens with one attached hydrogen (secondary N) is 1. The molecular weight excluding hydrogens is 300 g/mol. The lowest BCUT2D eigenvalue weighted by Crippen LogP contribution is -2.32. The second kappa shape index (κ2) is 6.57. The number of hydrogen-bond acceptors (Lipinski definition) is 6. The summed E-state index contributed by atoms with van der Waals surface area (Å²) < 4.78 is 31.4. The van der Waals surface area contributed by atoms with Crippen LogP contribution in [0.4, 0.5) is 5.69 Å². The minimum absolute atomic E-state index is 0.191. The zero-order chi connectivity index (χ0) is 14.6. The van der Waals surface area contributed by atoms with Gasteiger partial charge in [-0.15, -0.1) is 0 Å². The summed E-state index contributed by atoms with van der Waals surface area (Å²) in [5.41, 5.74) is 0.577. The van der Waals surface area contributed by atoms with Gasteiger partial charge in [0.15, 0.2) is 0 Å². The molecule has 0 radical (unpaired) electrons. The Kier molecular flexibility index (Phi) is 5.03. The van der Waals surface area contributed by atoms with Gasteiger partial charge in [0.05, 0.1) is 29.1 Å². The van der Waals surface area contributed by atoms with E-state index in [1.807, 2.05) is 0 Å². The van der Waals surface area contributed by atoms with Crippen molar-refractivity contribution < 1.29 is 17.9 Å². The normalized spacial score (nSPS) is 16.9. The summed E-state index contributed by atoms with van der Waals surface area (Å²) in [5.74, 6) is -0.191. The van der Waals surface area contributed by atoms with Crippen molar-refractivity contribution in [1.82, 2.24) is 4.31 Å². The third kappa shape index (κ3) is 4.20. The van der Waals surface area contributed by atoms with E-state index in [2.05, 4.69) is 5.32 Å². The van der Waals surface area contributed by atoms with Gasteiger partial charge < -0.3 is 10.1 Å². The Morgan fingerprint density at radius 3 is 2.40 bits per heavy atom. The van der Waals surface area contributed by atoms with Gasteiger partial charge in [0.25, 0.3) is 0 Å². The third-order valence-corrected chi connectivity index (χ3v) is 6.06. The molecule has 110 valence electrons. The van der Waals surface area contributed by atoms with Crippen molar-refractivity contribution in [2.45, 2.75) is 11.8 Å². The van der Waals surface area contributed by atoms with Crippen LogP contribution in [0.1, 0.15) is 6.92 Å². The fraction of sp³-hybridized carbons (Fsp3) is 0.417. The van der Waals surface area contributed by atoms with Crippen molar-refractivity contribution in [2.75, 3.05) is 31.6 Å². The molecule has 1 aliphatic heterocycles. The Hall–Kier alpha value is -1.09. The summed E-state index contributed by atoms with van der Waals surface area (Å²) in [4.78, 5) is 11.1. The summed E-state index contributed by atoms with van der Waals surface area (Å²) in [6.45, 7) is 3.68. The largest absolute Gasteiger partial charge is 0.379 e. The molecule has 1 fully saturated rings. The second-order valence-electron chi connectivity index (χ2n) is 4.28. The SMILES string of the molecule is CC(=O)Nc1ccc(S(=O)(=O)SN2CCOCC2)cc1. The van der Waals surface area contributed by atoms with Gasteiger partial charge in [-0.05, 0) is 24.3 Å². The minimum Gasteiger partial charge on any atom is -0.379 e. The summed E-state index contributed by atoms with van der Waals surface area (Å²) in [7, 11) is -2.60. The van der Waals surface area contributed by atoms with Crippen LogP contribution in [0.15, 0.2) is 29.2 Å². The van der Waals surface area contributed by atoms with Crippen molar-refractivity contribution in [3.8, 4) is 0 Å². The van der Waals surface area contributed by atoms with Crippen molar-refractivity contribution >= 4 is 31.4 Å². The molecule has 0 bridgehead atoms. The highest BCUT2D eigenvalue weighted by atomic mass is 33.1. The van der Waals surface area contributed by atoms with E-state index in [-0.39, 0.29) is 10.8 Å². The second-order valence-corrected chi connectivity index (χ2v) is 8.08. The van der Waals surface area contributed by atoms with E-state index in [1.165, 1.54) is 19.1 Å². The lowest BCUT2D eigenvalue weighted by Gasteiger charge is -2.24. The first-order chi connectivity index (χ1) is 9.47. The van der Waals surface area contributed by atoms with E-state index in [4.69, 9.17) is 4.74 Å². The van der Waals surface area contributed by atoms with Gasteiger partial charge in [0.2, 0.25) is 14.8 Å². The fourth-order valence-electron chi connectivity index (χ4n) is 1.71. The predicted octanol–water partition coefficient (Wildman–Crippen LogP) is 1.31. The molecule has 1 aromatic rings. The van der Waals surface area contributed by atoms with Gasteiger partial charge in [0, 0.05) is 25.7 Å². The average Bonchev–Trinajstić information content (AvgIpc) is 2.39. The summed E-state index contributed by atoms with van der Waals surface area (Å²) >= 11 is 0. The molecule has 1 aliphatic rings. The molecule has 1 N–H and O–H groups in total. The van der Waals surface area contributed by atoms with Crippen molar-refractivity contribution in [3.05, 3.63) is 24.3 Å². The lowest BCUT2D eigenvalue weighted by atomic mass is 10.3. The molecular formula is C12H16N2O4S2. The Balaban J connectivity index is 2.06. The lowest BCUT2D eigenvalue weighted by molar-refractivity contribution is -0.114. The number of ether oxygens (including phenoxy) is 1. The Bertz CT molecular complexity index is 566. The van der Waals surface area contributed by atoms with Crippen LogP contribution in [0.2, 0.25) is 0 Å². The molecule has 1 amide bonds. The molecule has 0 aliphatic carbocycles. The minimum atomic E-state index is -3.43. The third-order valence-electron chi connectivity index (χ3n) is 2.64. The van der Waals surface area contributed by atoms with Crippen LogP contribution < -0.4 is 5.32 Å². The summed E-state index contributed by atoms with van der Waals surface area (Å²) in [6, 6.07) is 6.14. The topological polar surface area (TPSA) is 75.7 Å². The molecule has 0 unspecified atom stereocenters. The van der Waals surface area contributed by atoms with E-state index in [0.717, 1.165) is 11.0 Å². The highest BCUT2D eigenvalue weighted by molar-refractivity contribution is 8.71. The van der Waals surface area contributed by atoms with Crippen molar-refractivity contribution in [3.63, 3.8) is 0 Å². The van der Waals surface area contributed by atoms with Crippen LogP contribution in [0.5, 0.6) is 0 Å². The number of hydrogen-bond donors (Lipinski definition) is 1. The quantitative estimate of drug-likeness (QED) is 0.667. The maximum atomic E-state index is 12.2.